The van der Waals surface area contributed by atoms with Crippen molar-refractivity contribution in [1.29, 1.82) is 0 Å². The van der Waals surface area contributed by atoms with Crippen LogP contribution in [-0.4, -0.2) is 77.1 Å². The minimum atomic E-state index is -3.99. The van der Waals surface area contributed by atoms with Crippen LogP contribution in [-0.2, 0) is 38.0 Å². The zero-order chi connectivity index (χ0) is 24.1. The SMILES string of the molecule is CS(=O)(=O)O[C@H]1[C@H](OC(=O)c2ccccc2)[C@@H](COC(=O)c2ccccc2)O[C@H]1C1OCCO1. The molecule has 4 rings (SSSR count). The van der Waals surface area contributed by atoms with Gasteiger partial charge in [0.25, 0.3) is 10.1 Å². The number of ether oxygens (including phenoxy) is 5. The largest absolute Gasteiger partial charge is 0.459 e. The smallest absolute Gasteiger partial charge is 0.338 e. The van der Waals surface area contributed by atoms with Crippen LogP contribution in [0.3, 0.4) is 0 Å². The fraction of sp³-hybridized carbons (Fsp3) is 0.391. The van der Waals surface area contributed by atoms with E-state index in [0.29, 0.717) is 5.56 Å². The van der Waals surface area contributed by atoms with E-state index in [1.54, 1.807) is 60.7 Å². The molecule has 2 fully saturated rings. The van der Waals surface area contributed by atoms with Crippen LogP contribution in [0.5, 0.6) is 0 Å². The van der Waals surface area contributed by atoms with Crippen molar-refractivity contribution in [2.24, 2.45) is 0 Å². The minimum absolute atomic E-state index is 0.248. The van der Waals surface area contributed by atoms with Crippen LogP contribution >= 0.6 is 0 Å². The van der Waals surface area contributed by atoms with Crippen molar-refractivity contribution in [2.45, 2.75) is 30.7 Å². The monoisotopic (exact) mass is 492 g/mol. The number of carbonyl (C=O) groups excluding carboxylic acids is 2. The van der Waals surface area contributed by atoms with Gasteiger partial charge < -0.3 is 23.7 Å². The molecule has 0 aromatic heterocycles. The van der Waals surface area contributed by atoms with E-state index in [4.69, 9.17) is 27.9 Å². The fourth-order valence-corrected chi connectivity index (χ4v) is 4.33. The second-order valence-electron chi connectivity index (χ2n) is 7.71. The summed E-state index contributed by atoms with van der Waals surface area (Å²) in [5, 5.41) is 0. The highest BCUT2D eigenvalue weighted by Gasteiger charge is 2.54. The van der Waals surface area contributed by atoms with Crippen LogP contribution in [0.15, 0.2) is 60.7 Å². The lowest BCUT2D eigenvalue weighted by Gasteiger charge is -2.25. The molecule has 10 nitrogen and oxygen atoms in total. The van der Waals surface area contributed by atoms with Gasteiger partial charge in [-0.3, -0.25) is 4.18 Å². The second-order valence-corrected chi connectivity index (χ2v) is 9.32. The Morgan fingerprint density at radius 3 is 2.00 bits per heavy atom. The first-order valence-electron chi connectivity index (χ1n) is 10.6. The van der Waals surface area contributed by atoms with Crippen LogP contribution in [0.25, 0.3) is 0 Å². The predicted octanol–water partition coefficient (Wildman–Crippen LogP) is 1.55. The van der Waals surface area contributed by atoms with Crippen LogP contribution in [0, 0.1) is 0 Å². The van der Waals surface area contributed by atoms with Gasteiger partial charge in [-0.15, -0.1) is 0 Å². The van der Waals surface area contributed by atoms with Gasteiger partial charge in [0.05, 0.1) is 30.6 Å². The van der Waals surface area contributed by atoms with Gasteiger partial charge in [-0.25, -0.2) is 9.59 Å². The molecular formula is C23H24O10S. The third-order valence-electron chi connectivity index (χ3n) is 5.19. The molecule has 2 aliphatic heterocycles. The number of esters is 2. The molecule has 11 heteroatoms. The summed E-state index contributed by atoms with van der Waals surface area (Å²) in [6, 6.07) is 16.5. The zero-order valence-electron chi connectivity index (χ0n) is 18.3. The maximum absolute atomic E-state index is 12.8. The van der Waals surface area contributed by atoms with Gasteiger partial charge in [0.2, 0.25) is 0 Å². The standard InChI is InChI=1S/C23H24O10S/c1-34(26,27)33-19-18(32-22(25)16-10-6-3-7-11-16)17(31-20(19)23-28-12-13-29-23)14-30-21(24)15-8-4-2-5-9-15/h2-11,17-20,23H,12-14H2,1H3/t17-,18-,19+,20-/m1/s1. The normalized spacial score (nSPS) is 25.2. The first kappa shape index (κ1) is 24.3. The van der Waals surface area contributed by atoms with E-state index in [9.17, 15) is 18.0 Å². The summed E-state index contributed by atoms with van der Waals surface area (Å²) in [5.74, 6) is -1.33. The minimum Gasteiger partial charge on any atom is -0.459 e. The number of hydrogen-bond donors (Lipinski definition) is 0. The molecule has 2 heterocycles. The topological polar surface area (TPSA) is 124 Å². The van der Waals surface area contributed by atoms with Gasteiger partial charge in [-0.2, -0.15) is 8.42 Å². The fourth-order valence-electron chi connectivity index (χ4n) is 3.71. The molecule has 0 aliphatic carbocycles. The molecule has 0 unspecified atom stereocenters. The summed E-state index contributed by atoms with van der Waals surface area (Å²) in [7, 11) is -3.99. The third kappa shape index (κ3) is 5.99. The van der Waals surface area contributed by atoms with Gasteiger partial charge in [-0.1, -0.05) is 36.4 Å². The Balaban J connectivity index is 1.58. The Morgan fingerprint density at radius 2 is 1.44 bits per heavy atom. The van der Waals surface area contributed by atoms with E-state index in [1.807, 2.05) is 0 Å². The van der Waals surface area contributed by atoms with Crippen LogP contribution < -0.4 is 0 Å². The molecule has 0 radical (unpaired) electrons. The molecule has 0 saturated carbocycles. The highest BCUT2D eigenvalue weighted by atomic mass is 32.2. The Kier molecular flexibility index (Phi) is 7.59. The maximum atomic E-state index is 12.8. The third-order valence-corrected chi connectivity index (χ3v) is 5.76. The lowest BCUT2D eigenvalue weighted by molar-refractivity contribution is -0.157. The van der Waals surface area contributed by atoms with Crippen LogP contribution in [0.1, 0.15) is 20.7 Å². The van der Waals surface area contributed by atoms with E-state index in [-0.39, 0.29) is 25.4 Å². The number of rotatable bonds is 8. The van der Waals surface area contributed by atoms with E-state index in [1.165, 1.54) is 0 Å². The Morgan fingerprint density at radius 1 is 0.882 bits per heavy atom. The van der Waals surface area contributed by atoms with Crippen molar-refractivity contribution < 1.29 is 45.9 Å². The molecule has 0 N–H and O–H groups in total. The van der Waals surface area contributed by atoms with Gasteiger partial charge in [0.1, 0.15) is 24.9 Å². The summed E-state index contributed by atoms with van der Waals surface area (Å²) >= 11 is 0. The summed E-state index contributed by atoms with van der Waals surface area (Å²) in [5.41, 5.74) is 0.568. The van der Waals surface area contributed by atoms with Gasteiger partial charge in [0, 0.05) is 0 Å². The molecule has 2 aromatic carbocycles. The average Bonchev–Trinajstić information content (AvgIpc) is 3.47. The van der Waals surface area contributed by atoms with Crippen molar-refractivity contribution in [3.8, 4) is 0 Å². The van der Waals surface area contributed by atoms with Crippen molar-refractivity contribution in [1.82, 2.24) is 0 Å². The summed E-state index contributed by atoms with van der Waals surface area (Å²) in [6.45, 7) is 0.226. The molecule has 0 bridgehead atoms. The highest BCUT2D eigenvalue weighted by Crippen LogP contribution is 2.33. The number of benzene rings is 2. The zero-order valence-corrected chi connectivity index (χ0v) is 19.1. The Bertz CT molecular complexity index is 1080. The molecule has 2 aliphatic rings. The molecule has 182 valence electrons. The van der Waals surface area contributed by atoms with Crippen molar-refractivity contribution in [3.63, 3.8) is 0 Å². The number of carbonyl (C=O) groups is 2. The average molecular weight is 493 g/mol. The Labute approximate surface area is 196 Å². The van der Waals surface area contributed by atoms with Crippen LogP contribution in [0.2, 0.25) is 0 Å². The maximum Gasteiger partial charge on any atom is 0.338 e. The predicted molar refractivity (Wildman–Crippen MR) is 116 cm³/mol. The second kappa shape index (κ2) is 10.6. The Hall–Kier alpha value is -2.83. The van der Waals surface area contributed by atoms with Gasteiger partial charge in [-0.05, 0) is 24.3 Å². The lowest BCUT2D eigenvalue weighted by atomic mass is 10.1. The van der Waals surface area contributed by atoms with Crippen molar-refractivity contribution in [2.75, 3.05) is 26.1 Å². The van der Waals surface area contributed by atoms with Crippen LogP contribution in [0.4, 0.5) is 0 Å². The highest BCUT2D eigenvalue weighted by molar-refractivity contribution is 7.86. The van der Waals surface area contributed by atoms with Gasteiger partial charge >= 0.3 is 11.9 Å². The number of hydrogen-bond acceptors (Lipinski definition) is 10. The molecular weight excluding hydrogens is 468 g/mol. The van der Waals surface area contributed by atoms with E-state index >= 15 is 0 Å². The first-order valence-corrected chi connectivity index (χ1v) is 12.4. The molecule has 2 aromatic rings. The van der Waals surface area contributed by atoms with Gasteiger partial charge in [0.15, 0.2) is 12.4 Å². The van der Waals surface area contributed by atoms with Crippen molar-refractivity contribution in [3.05, 3.63) is 71.8 Å². The van der Waals surface area contributed by atoms with E-state index in [0.717, 1.165) is 6.26 Å². The summed E-state index contributed by atoms with van der Waals surface area (Å²) in [6.07, 6.45) is -4.68. The summed E-state index contributed by atoms with van der Waals surface area (Å²) in [4.78, 5) is 25.2. The molecule has 0 spiro atoms. The molecule has 0 amide bonds. The summed E-state index contributed by atoms with van der Waals surface area (Å²) < 4.78 is 57.3. The quantitative estimate of drug-likeness (QED) is 0.396. The molecule has 2 saturated heterocycles. The lowest BCUT2D eigenvalue weighted by Crippen LogP contribution is -2.44. The van der Waals surface area contributed by atoms with E-state index < -0.39 is 52.8 Å². The molecule has 4 atom stereocenters. The van der Waals surface area contributed by atoms with E-state index in [2.05, 4.69) is 0 Å². The first-order chi connectivity index (χ1) is 16.3. The molecule has 34 heavy (non-hydrogen) atoms. The van der Waals surface area contributed by atoms with Crippen molar-refractivity contribution >= 4 is 22.1 Å².